The van der Waals surface area contributed by atoms with E-state index in [-0.39, 0.29) is 5.54 Å². The molecule has 0 heterocycles. The number of aliphatic hydroxyl groups is 1. The molecule has 1 fully saturated rings. The molecule has 1 unspecified atom stereocenters. The van der Waals surface area contributed by atoms with Crippen molar-refractivity contribution in [2.45, 2.75) is 52.2 Å². The first-order chi connectivity index (χ1) is 9.37. The van der Waals surface area contributed by atoms with Crippen molar-refractivity contribution in [2.75, 3.05) is 13.2 Å². The zero-order valence-corrected chi connectivity index (χ0v) is 13.1. The van der Waals surface area contributed by atoms with Crippen LogP contribution < -0.4 is 10.1 Å². The zero-order valence-electron chi connectivity index (χ0n) is 13.1. The Kier molecular flexibility index (Phi) is 4.71. The van der Waals surface area contributed by atoms with Gasteiger partial charge in [-0.1, -0.05) is 6.07 Å². The number of aliphatic hydroxyl groups excluding tert-OH is 1. The summed E-state index contributed by atoms with van der Waals surface area (Å²) in [5.41, 5.74) is 2.49. The summed E-state index contributed by atoms with van der Waals surface area (Å²) in [4.78, 5) is 0. The molecule has 3 nitrogen and oxygen atoms in total. The summed E-state index contributed by atoms with van der Waals surface area (Å²) < 4.78 is 5.68. The number of hydrogen-bond acceptors (Lipinski definition) is 3. The molecule has 2 rings (SSSR count). The van der Waals surface area contributed by atoms with Crippen LogP contribution in [0.4, 0.5) is 0 Å². The fourth-order valence-corrected chi connectivity index (χ4v) is 2.60. The molecule has 3 heteroatoms. The van der Waals surface area contributed by atoms with Crippen LogP contribution in [-0.2, 0) is 0 Å². The van der Waals surface area contributed by atoms with E-state index in [1.165, 1.54) is 24.0 Å². The highest BCUT2D eigenvalue weighted by Crippen LogP contribution is 2.39. The second-order valence-corrected chi connectivity index (χ2v) is 6.67. The minimum absolute atomic E-state index is 0.126. The van der Waals surface area contributed by atoms with E-state index < -0.39 is 6.10 Å². The van der Waals surface area contributed by atoms with E-state index in [2.05, 4.69) is 39.1 Å². The molecule has 112 valence electrons. The summed E-state index contributed by atoms with van der Waals surface area (Å²) in [6, 6.07) is 6.12. The highest BCUT2D eigenvalue weighted by Gasteiger charge is 2.37. The molecular weight excluding hydrogens is 250 g/mol. The number of aryl methyl sites for hydroxylation is 2. The summed E-state index contributed by atoms with van der Waals surface area (Å²) in [6.45, 7) is 9.43. The van der Waals surface area contributed by atoms with Crippen molar-refractivity contribution < 1.29 is 9.84 Å². The van der Waals surface area contributed by atoms with E-state index in [0.717, 1.165) is 11.7 Å². The quantitative estimate of drug-likeness (QED) is 0.805. The van der Waals surface area contributed by atoms with E-state index in [1.807, 2.05) is 12.1 Å². The maximum Gasteiger partial charge on any atom is 0.119 e. The Labute approximate surface area is 122 Å². The molecule has 20 heavy (non-hydrogen) atoms. The Morgan fingerprint density at radius 1 is 1.25 bits per heavy atom. The fraction of sp³-hybridized carbons (Fsp3) is 0.647. The standard InChI is InChI=1S/C17H27NO2/c1-12-7-13(2)9-16(8-12)20-11-15(19)10-18-17(3,4)14-5-6-14/h7-9,14-15,18-19H,5-6,10-11H2,1-4H3. The van der Waals surface area contributed by atoms with Gasteiger partial charge < -0.3 is 15.2 Å². The van der Waals surface area contributed by atoms with Crippen molar-refractivity contribution in [1.29, 1.82) is 0 Å². The molecule has 2 N–H and O–H groups in total. The van der Waals surface area contributed by atoms with Crippen LogP contribution in [-0.4, -0.2) is 29.9 Å². The first kappa shape index (κ1) is 15.3. The van der Waals surface area contributed by atoms with E-state index >= 15 is 0 Å². The fourth-order valence-electron chi connectivity index (χ4n) is 2.60. The average Bonchev–Trinajstić information content (AvgIpc) is 3.17. The molecule has 1 atom stereocenters. The van der Waals surface area contributed by atoms with Crippen molar-refractivity contribution in [2.24, 2.45) is 5.92 Å². The molecule has 0 bridgehead atoms. The number of rotatable bonds is 7. The van der Waals surface area contributed by atoms with E-state index in [1.54, 1.807) is 0 Å². The largest absolute Gasteiger partial charge is 0.491 e. The van der Waals surface area contributed by atoms with Crippen LogP contribution >= 0.6 is 0 Å². The van der Waals surface area contributed by atoms with E-state index in [9.17, 15) is 5.11 Å². The highest BCUT2D eigenvalue weighted by atomic mass is 16.5. The maximum atomic E-state index is 10.0. The SMILES string of the molecule is Cc1cc(C)cc(OCC(O)CNC(C)(C)C2CC2)c1. The van der Waals surface area contributed by atoms with Crippen molar-refractivity contribution in [1.82, 2.24) is 5.32 Å². The van der Waals surface area contributed by atoms with Gasteiger partial charge in [0, 0.05) is 12.1 Å². The summed E-state index contributed by atoms with van der Waals surface area (Å²) in [5.74, 6) is 1.60. The molecule has 0 aromatic heterocycles. The second-order valence-electron chi connectivity index (χ2n) is 6.67. The Balaban J connectivity index is 1.75. The maximum absolute atomic E-state index is 10.0. The third-order valence-corrected chi connectivity index (χ3v) is 4.03. The minimum Gasteiger partial charge on any atom is -0.491 e. The predicted octanol–water partition coefficient (Wildman–Crippen LogP) is 2.82. The van der Waals surface area contributed by atoms with Gasteiger partial charge in [0.2, 0.25) is 0 Å². The molecule has 0 amide bonds. The molecule has 1 saturated carbocycles. The van der Waals surface area contributed by atoms with Gasteiger partial charge in [-0.15, -0.1) is 0 Å². The smallest absolute Gasteiger partial charge is 0.119 e. The first-order valence-corrected chi connectivity index (χ1v) is 7.51. The highest BCUT2D eigenvalue weighted by molar-refractivity contribution is 5.32. The Morgan fingerprint density at radius 2 is 1.85 bits per heavy atom. The zero-order chi connectivity index (χ0) is 14.8. The average molecular weight is 277 g/mol. The molecular formula is C17H27NO2. The van der Waals surface area contributed by atoms with Crippen LogP contribution in [0.2, 0.25) is 0 Å². The molecule has 1 aromatic carbocycles. The summed E-state index contributed by atoms with van der Waals surface area (Å²) in [5, 5.41) is 13.5. The van der Waals surface area contributed by atoms with Gasteiger partial charge in [0.1, 0.15) is 18.5 Å². The lowest BCUT2D eigenvalue weighted by Crippen LogP contribution is -2.46. The summed E-state index contributed by atoms with van der Waals surface area (Å²) >= 11 is 0. The van der Waals surface area contributed by atoms with Crippen LogP contribution in [0.15, 0.2) is 18.2 Å². The molecule has 0 spiro atoms. The van der Waals surface area contributed by atoms with Gasteiger partial charge in [0.05, 0.1) is 0 Å². The molecule has 0 saturated heterocycles. The van der Waals surface area contributed by atoms with Gasteiger partial charge >= 0.3 is 0 Å². The number of β-amino-alcohol motifs (C(OH)–C–C–N with tert-alkyl or cyclic N) is 1. The van der Waals surface area contributed by atoms with Gasteiger partial charge in [0.15, 0.2) is 0 Å². The molecule has 1 aliphatic rings. The van der Waals surface area contributed by atoms with Gasteiger partial charge in [0.25, 0.3) is 0 Å². The predicted molar refractivity (Wildman–Crippen MR) is 82.2 cm³/mol. The topological polar surface area (TPSA) is 41.5 Å². The van der Waals surface area contributed by atoms with Gasteiger partial charge in [-0.2, -0.15) is 0 Å². The molecule has 0 radical (unpaired) electrons. The Hall–Kier alpha value is -1.06. The van der Waals surface area contributed by atoms with Crippen LogP contribution in [0, 0.1) is 19.8 Å². The van der Waals surface area contributed by atoms with Crippen LogP contribution in [0.3, 0.4) is 0 Å². The van der Waals surface area contributed by atoms with E-state index in [0.29, 0.717) is 13.2 Å². The normalized spacial score (nSPS) is 17.1. The Bertz CT molecular complexity index is 432. The lowest BCUT2D eigenvalue weighted by molar-refractivity contribution is 0.0970. The van der Waals surface area contributed by atoms with Crippen LogP contribution in [0.25, 0.3) is 0 Å². The summed E-state index contributed by atoms with van der Waals surface area (Å²) in [7, 11) is 0. The third-order valence-electron chi connectivity index (χ3n) is 4.03. The number of ether oxygens (including phenoxy) is 1. The Morgan fingerprint density at radius 3 is 2.40 bits per heavy atom. The number of nitrogens with one attached hydrogen (secondary N) is 1. The second kappa shape index (κ2) is 6.15. The molecule has 1 aliphatic carbocycles. The summed E-state index contributed by atoms with van der Waals surface area (Å²) in [6.07, 6.45) is 2.12. The molecule has 0 aliphatic heterocycles. The van der Waals surface area contributed by atoms with Crippen molar-refractivity contribution in [3.05, 3.63) is 29.3 Å². The minimum atomic E-state index is -0.478. The van der Waals surface area contributed by atoms with Crippen LogP contribution in [0.5, 0.6) is 5.75 Å². The van der Waals surface area contributed by atoms with Crippen molar-refractivity contribution in [3.8, 4) is 5.75 Å². The number of benzene rings is 1. The number of hydrogen-bond donors (Lipinski definition) is 2. The van der Waals surface area contributed by atoms with Crippen molar-refractivity contribution >= 4 is 0 Å². The van der Waals surface area contributed by atoms with Crippen LogP contribution in [0.1, 0.15) is 37.8 Å². The first-order valence-electron chi connectivity index (χ1n) is 7.51. The monoisotopic (exact) mass is 277 g/mol. The molecule has 1 aromatic rings. The van der Waals surface area contributed by atoms with Gasteiger partial charge in [-0.25, -0.2) is 0 Å². The van der Waals surface area contributed by atoms with Gasteiger partial charge in [-0.05, 0) is 69.7 Å². The lowest BCUT2D eigenvalue weighted by atomic mass is 9.98. The van der Waals surface area contributed by atoms with Gasteiger partial charge in [-0.3, -0.25) is 0 Å². The van der Waals surface area contributed by atoms with E-state index in [4.69, 9.17) is 4.74 Å². The van der Waals surface area contributed by atoms with Crippen molar-refractivity contribution in [3.63, 3.8) is 0 Å². The lowest BCUT2D eigenvalue weighted by Gasteiger charge is -2.27. The third kappa shape index (κ3) is 4.50.